The first kappa shape index (κ1) is 10.9. The topological polar surface area (TPSA) is 34.1 Å². The van der Waals surface area contributed by atoms with E-state index < -0.39 is 0 Å². The molecule has 3 rings (SSSR count). The zero-order valence-electron chi connectivity index (χ0n) is 9.36. The van der Waals surface area contributed by atoms with Crippen LogP contribution < -0.4 is 2.81 Å². The summed E-state index contributed by atoms with van der Waals surface area (Å²) in [5, 5.41) is 0. The molecule has 0 radical (unpaired) electrons. The van der Waals surface area contributed by atoms with E-state index in [1.54, 1.807) is 30.3 Å². The molecule has 0 aliphatic heterocycles. The third kappa shape index (κ3) is 1.61. The van der Waals surface area contributed by atoms with E-state index in [0.717, 1.165) is 30.7 Å². The molecule has 2 aromatic rings. The second-order valence-corrected chi connectivity index (χ2v) is 5.41. The molecule has 2 aromatic carbocycles. The van der Waals surface area contributed by atoms with E-state index in [-0.39, 0.29) is 11.6 Å². The molecular formula is C14H7NaO2. The van der Waals surface area contributed by atoms with E-state index in [1.165, 1.54) is 0 Å². The van der Waals surface area contributed by atoms with E-state index >= 15 is 0 Å². The standard InChI is InChI=1S/C14H7O2.Na/c15-13-9-5-1-2-6-10(9)14(16)12-8-4-3-7-11(12)13;/h1-3,5-8H;. The molecule has 2 nitrogen and oxygen atoms in total. The summed E-state index contributed by atoms with van der Waals surface area (Å²) in [5.74, 6) is -0.0789. The Hall–Kier alpha value is -1.22. The second kappa shape index (κ2) is 3.91. The summed E-state index contributed by atoms with van der Waals surface area (Å²) in [4.78, 5) is 24.5. The van der Waals surface area contributed by atoms with Crippen LogP contribution in [0, 0.1) is 0 Å². The van der Waals surface area contributed by atoms with Gasteiger partial charge in [-0.2, -0.15) is 0 Å². The summed E-state index contributed by atoms with van der Waals surface area (Å²) in [6, 6.07) is 12.6. The number of ketones is 2. The number of hydrogen-bond donors (Lipinski definition) is 0. The Morgan fingerprint density at radius 3 is 1.88 bits per heavy atom. The number of benzene rings is 2. The van der Waals surface area contributed by atoms with Crippen LogP contribution >= 0.6 is 0 Å². The molecule has 17 heavy (non-hydrogen) atoms. The quantitative estimate of drug-likeness (QED) is 0.545. The van der Waals surface area contributed by atoms with Crippen LogP contribution in [0.3, 0.4) is 0 Å². The van der Waals surface area contributed by atoms with Crippen LogP contribution in [0.25, 0.3) is 0 Å². The molecule has 1 aliphatic rings. The van der Waals surface area contributed by atoms with Crippen LogP contribution in [0.2, 0.25) is 0 Å². The Morgan fingerprint density at radius 2 is 1.24 bits per heavy atom. The summed E-state index contributed by atoms with van der Waals surface area (Å²) in [7, 11) is 0. The van der Waals surface area contributed by atoms with Crippen LogP contribution in [0.5, 0.6) is 0 Å². The van der Waals surface area contributed by atoms with Gasteiger partial charge in [0.2, 0.25) is 0 Å². The van der Waals surface area contributed by atoms with E-state index in [1.807, 2.05) is 12.1 Å². The Labute approximate surface area is 116 Å². The molecule has 0 saturated carbocycles. The first-order valence-electron chi connectivity index (χ1n) is 5.47. The summed E-state index contributed by atoms with van der Waals surface area (Å²) < 4.78 is 1.13. The number of carbonyl (C=O) groups excluding carboxylic acids is 2. The Kier molecular flexibility index (Phi) is 2.51. The normalized spacial score (nSPS) is 13.3. The van der Waals surface area contributed by atoms with E-state index in [4.69, 9.17) is 0 Å². The molecule has 76 valence electrons. The van der Waals surface area contributed by atoms with Gasteiger partial charge in [0.15, 0.2) is 0 Å². The van der Waals surface area contributed by atoms with Crippen molar-refractivity contribution < 1.29 is 9.59 Å². The van der Waals surface area contributed by atoms with Gasteiger partial charge < -0.3 is 0 Å². The predicted molar refractivity (Wildman–Crippen MR) is 65.1 cm³/mol. The fraction of sp³-hybridized carbons (Fsp3) is 0. The van der Waals surface area contributed by atoms with Gasteiger partial charge in [0.1, 0.15) is 0 Å². The Balaban J connectivity index is 2.33. The maximum absolute atomic E-state index is 12.3. The minimum absolute atomic E-state index is 0.0344. The molecule has 0 fully saturated rings. The number of carbonyl (C=O) groups is 2. The number of fused-ring (bicyclic) bond motifs is 2. The predicted octanol–water partition coefficient (Wildman–Crippen LogP) is 1.26. The van der Waals surface area contributed by atoms with Crippen molar-refractivity contribution in [1.29, 1.82) is 0 Å². The molecule has 1 aliphatic carbocycles. The maximum atomic E-state index is 12.3. The van der Waals surface area contributed by atoms with Crippen molar-refractivity contribution in [3.63, 3.8) is 0 Å². The fourth-order valence-electron chi connectivity index (χ4n) is 2.21. The molecule has 0 unspecified atom stereocenters. The second-order valence-electron chi connectivity index (χ2n) is 4.25. The van der Waals surface area contributed by atoms with Crippen molar-refractivity contribution in [2.45, 2.75) is 0 Å². The first-order valence-corrected chi connectivity index (χ1v) is 6.47. The Bertz CT molecular complexity index is 659. The van der Waals surface area contributed by atoms with Crippen LogP contribution in [0.4, 0.5) is 0 Å². The van der Waals surface area contributed by atoms with Gasteiger partial charge in [-0.25, -0.2) is 0 Å². The summed E-state index contributed by atoms with van der Waals surface area (Å²) in [5.41, 5.74) is 2.14. The van der Waals surface area contributed by atoms with Crippen LogP contribution in [-0.4, -0.2) is 39.5 Å². The SMILES string of the molecule is O=C1c2ccccc2C(=O)c2c[c]([Na])ccc21. The van der Waals surface area contributed by atoms with Gasteiger partial charge in [-0.15, -0.1) is 0 Å². The molecule has 0 spiro atoms. The third-order valence-corrected chi connectivity index (χ3v) is 3.70. The molecule has 0 saturated heterocycles. The van der Waals surface area contributed by atoms with Crippen molar-refractivity contribution in [3.05, 3.63) is 64.7 Å². The van der Waals surface area contributed by atoms with Crippen molar-refractivity contribution in [1.82, 2.24) is 0 Å². The molecule has 0 atom stereocenters. The average Bonchev–Trinajstić information content (AvgIpc) is 2.36. The van der Waals surface area contributed by atoms with Crippen molar-refractivity contribution in [2.24, 2.45) is 0 Å². The van der Waals surface area contributed by atoms with Crippen LogP contribution in [0.15, 0.2) is 42.5 Å². The molecule has 0 amide bonds. The van der Waals surface area contributed by atoms with E-state index in [0.29, 0.717) is 22.3 Å². The number of rotatable bonds is 0. The molecule has 0 aromatic heterocycles. The zero-order valence-corrected chi connectivity index (χ0v) is 11.4. The third-order valence-electron chi connectivity index (χ3n) is 3.08. The average molecular weight is 230 g/mol. The monoisotopic (exact) mass is 230 g/mol. The van der Waals surface area contributed by atoms with Gasteiger partial charge in [-0.1, -0.05) is 0 Å². The summed E-state index contributed by atoms with van der Waals surface area (Å²) in [6.45, 7) is 0. The minimum atomic E-state index is -0.0446. The fourth-order valence-corrected chi connectivity index (χ4v) is 2.67. The van der Waals surface area contributed by atoms with Gasteiger partial charge in [-0.3, -0.25) is 0 Å². The first-order chi connectivity index (χ1) is 8.18. The Morgan fingerprint density at radius 1 is 0.706 bits per heavy atom. The van der Waals surface area contributed by atoms with Crippen molar-refractivity contribution >= 4 is 42.3 Å². The van der Waals surface area contributed by atoms with Gasteiger partial charge >= 0.3 is 117 Å². The molecule has 0 bridgehead atoms. The molecule has 0 N–H and O–H groups in total. The van der Waals surface area contributed by atoms with Crippen LogP contribution in [0.1, 0.15) is 31.8 Å². The van der Waals surface area contributed by atoms with Crippen LogP contribution in [-0.2, 0) is 0 Å². The summed E-state index contributed by atoms with van der Waals surface area (Å²) >= 11 is 0.879. The van der Waals surface area contributed by atoms with Gasteiger partial charge in [-0.05, 0) is 0 Å². The van der Waals surface area contributed by atoms with Gasteiger partial charge in [0.25, 0.3) is 0 Å². The van der Waals surface area contributed by atoms with Gasteiger partial charge in [0, 0.05) is 0 Å². The summed E-state index contributed by atoms with van der Waals surface area (Å²) in [6.07, 6.45) is 0. The van der Waals surface area contributed by atoms with Crippen molar-refractivity contribution in [3.8, 4) is 0 Å². The molecular weight excluding hydrogens is 223 g/mol. The number of hydrogen-bond acceptors (Lipinski definition) is 2. The van der Waals surface area contributed by atoms with Crippen molar-refractivity contribution in [2.75, 3.05) is 0 Å². The van der Waals surface area contributed by atoms with E-state index in [9.17, 15) is 9.59 Å². The zero-order chi connectivity index (χ0) is 12.0. The van der Waals surface area contributed by atoms with Gasteiger partial charge in [0.05, 0.1) is 0 Å². The molecule has 0 heterocycles. The van der Waals surface area contributed by atoms with E-state index in [2.05, 4.69) is 0 Å². The molecule has 3 heteroatoms.